The molecule has 0 spiro atoms. The minimum Gasteiger partial charge on any atom is -0.380 e. The molecule has 6 nitrogen and oxygen atoms in total. The number of H-pyrrole nitrogens is 1. The lowest BCUT2D eigenvalue weighted by atomic mass is 10.0. The highest BCUT2D eigenvalue weighted by Crippen LogP contribution is 2.14. The number of nitrogens with zero attached hydrogens (tertiary/aromatic N) is 4. The highest BCUT2D eigenvalue weighted by Gasteiger charge is 2.20. The quantitative estimate of drug-likeness (QED) is 0.915. The summed E-state index contributed by atoms with van der Waals surface area (Å²) in [4.78, 5) is 18.5. The van der Waals surface area contributed by atoms with Gasteiger partial charge in [0, 0.05) is 43.3 Å². The van der Waals surface area contributed by atoms with Crippen LogP contribution < -0.4 is 0 Å². The van der Waals surface area contributed by atoms with Gasteiger partial charge in [-0.2, -0.15) is 0 Å². The first-order valence-electron chi connectivity index (χ1n) is 7.36. The Morgan fingerprint density at radius 1 is 1.38 bits per heavy atom. The minimum absolute atomic E-state index is 0.455. The summed E-state index contributed by atoms with van der Waals surface area (Å²) in [6.07, 6.45) is 6.42. The number of aromatic amines is 1. The Morgan fingerprint density at radius 3 is 3.14 bits per heavy atom. The second kappa shape index (κ2) is 6.78. The van der Waals surface area contributed by atoms with Gasteiger partial charge < -0.3 is 9.72 Å². The smallest absolute Gasteiger partial charge is 0.125 e. The van der Waals surface area contributed by atoms with E-state index in [4.69, 9.17) is 4.74 Å². The van der Waals surface area contributed by atoms with Gasteiger partial charge in [0.25, 0.3) is 0 Å². The summed E-state index contributed by atoms with van der Waals surface area (Å²) in [5, 5.41) is 0. The van der Waals surface area contributed by atoms with Crippen LogP contribution in [0.5, 0.6) is 0 Å². The molecule has 0 aromatic carbocycles. The molecule has 0 aliphatic carbocycles. The Bertz CT molecular complexity index is 557. The van der Waals surface area contributed by atoms with Crippen molar-refractivity contribution in [3.63, 3.8) is 0 Å². The van der Waals surface area contributed by atoms with Gasteiger partial charge in [0.15, 0.2) is 0 Å². The van der Waals surface area contributed by atoms with E-state index in [1.165, 1.54) is 0 Å². The van der Waals surface area contributed by atoms with Crippen LogP contribution in [0.1, 0.15) is 17.3 Å². The van der Waals surface area contributed by atoms with E-state index >= 15 is 0 Å². The van der Waals surface area contributed by atoms with Crippen molar-refractivity contribution in [1.29, 1.82) is 0 Å². The number of ether oxygens (including phenoxy) is 1. The van der Waals surface area contributed by atoms with Gasteiger partial charge in [0.05, 0.1) is 19.8 Å². The SMILES string of the molecule is Cc1nccc(C[C@@H]2COCCN(Cc3ncc[nH]3)C2)n1. The van der Waals surface area contributed by atoms with Crippen molar-refractivity contribution in [3.8, 4) is 0 Å². The molecule has 1 aliphatic rings. The maximum atomic E-state index is 5.74. The van der Waals surface area contributed by atoms with Crippen LogP contribution in [-0.4, -0.2) is 51.1 Å². The molecule has 112 valence electrons. The van der Waals surface area contributed by atoms with Crippen LogP contribution in [-0.2, 0) is 17.7 Å². The third kappa shape index (κ3) is 4.09. The van der Waals surface area contributed by atoms with Crippen LogP contribution in [0.25, 0.3) is 0 Å². The number of aryl methyl sites for hydroxylation is 1. The van der Waals surface area contributed by atoms with E-state index < -0.39 is 0 Å². The maximum absolute atomic E-state index is 5.74. The molecule has 1 N–H and O–H groups in total. The first kappa shape index (κ1) is 14.2. The summed E-state index contributed by atoms with van der Waals surface area (Å²) in [5.74, 6) is 2.29. The van der Waals surface area contributed by atoms with Crippen molar-refractivity contribution in [2.45, 2.75) is 19.9 Å². The number of imidazole rings is 1. The lowest BCUT2D eigenvalue weighted by Gasteiger charge is -2.22. The zero-order valence-electron chi connectivity index (χ0n) is 12.3. The van der Waals surface area contributed by atoms with Crippen molar-refractivity contribution in [3.05, 3.63) is 42.0 Å². The molecular weight excluding hydrogens is 266 g/mol. The monoisotopic (exact) mass is 287 g/mol. The van der Waals surface area contributed by atoms with Crippen molar-refractivity contribution in [2.75, 3.05) is 26.3 Å². The second-order valence-electron chi connectivity index (χ2n) is 5.51. The highest BCUT2D eigenvalue weighted by molar-refractivity contribution is 5.03. The van der Waals surface area contributed by atoms with Crippen molar-refractivity contribution >= 4 is 0 Å². The van der Waals surface area contributed by atoms with Crippen LogP contribution in [0.2, 0.25) is 0 Å². The van der Waals surface area contributed by atoms with Crippen LogP contribution in [0, 0.1) is 12.8 Å². The van der Waals surface area contributed by atoms with E-state index in [1.54, 1.807) is 6.20 Å². The maximum Gasteiger partial charge on any atom is 0.125 e. The molecular formula is C15H21N5O. The van der Waals surface area contributed by atoms with Gasteiger partial charge in [-0.05, 0) is 19.4 Å². The van der Waals surface area contributed by atoms with Crippen LogP contribution in [0.4, 0.5) is 0 Å². The van der Waals surface area contributed by atoms with Gasteiger partial charge in [-0.15, -0.1) is 0 Å². The number of hydrogen-bond acceptors (Lipinski definition) is 5. The van der Waals surface area contributed by atoms with Crippen molar-refractivity contribution in [1.82, 2.24) is 24.8 Å². The number of nitrogens with one attached hydrogen (secondary N) is 1. The molecule has 0 radical (unpaired) electrons. The number of rotatable bonds is 4. The Kier molecular flexibility index (Phi) is 4.57. The van der Waals surface area contributed by atoms with Crippen molar-refractivity contribution in [2.24, 2.45) is 5.92 Å². The summed E-state index contributed by atoms with van der Waals surface area (Å²) < 4.78 is 5.74. The number of aromatic nitrogens is 4. The summed E-state index contributed by atoms with van der Waals surface area (Å²) in [5.41, 5.74) is 1.09. The Morgan fingerprint density at radius 2 is 2.33 bits per heavy atom. The normalized spacial score (nSPS) is 20.3. The predicted molar refractivity (Wildman–Crippen MR) is 78.6 cm³/mol. The summed E-state index contributed by atoms with van der Waals surface area (Å²) in [6.45, 7) is 6.29. The standard InChI is InChI=1S/C15H21N5O/c1-12-16-3-2-14(19-12)8-13-9-20(6-7-21-11-13)10-15-17-4-5-18-15/h2-5,13H,6-11H2,1H3,(H,17,18)/t13-/m0/s1. The molecule has 0 unspecified atom stereocenters. The third-order valence-electron chi connectivity index (χ3n) is 3.68. The molecule has 1 aliphatic heterocycles. The molecule has 21 heavy (non-hydrogen) atoms. The van der Waals surface area contributed by atoms with Crippen LogP contribution in [0.3, 0.4) is 0 Å². The fourth-order valence-electron chi connectivity index (χ4n) is 2.73. The topological polar surface area (TPSA) is 66.9 Å². The molecule has 1 atom stereocenters. The molecule has 0 bridgehead atoms. The van der Waals surface area contributed by atoms with E-state index in [0.29, 0.717) is 5.92 Å². The molecule has 2 aromatic heterocycles. The second-order valence-corrected chi connectivity index (χ2v) is 5.51. The number of hydrogen-bond donors (Lipinski definition) is 1. The van der Waals surface area contributed by atoms with Gasteiger partial charge >= 0.3 is 0 Å². The van der Waals surface area contributed by atoms with Gasteiger partial charge in [-0.25, -0.2) is 15.0 Å². The van der Waals surface area contributed by atoms with Gasteiger partial charge in [0.2, 0.25) is 0 Å². The van der Waals surface area contributed by atoms with Gasteiger partial charge in [0.1, 0.15) is 11.6 Å². The summed E-state index contributed by atoms with van der Waals surface area (Å²) in [7, 11) is 0. The summed E-state index contributed by atoms with van der Waals surface area (Å²) >= 11 is 0. The van der Waals surface area contributed by atoms with E-state index in [0.717, 1.165) is 56.6 Å². The van der Waals surface area contributed by atoms with Gasteiger partial charge in [-0.1, -0.05) is 0 Å². The molecule has 1 fully saturated rings. The van der Waals surface area contributed by atoms with E-state index in [2.05, 4.69) is 24.8 Å². The Hall–Kier alpha value is -1.79. The summed E-state index contributed by atoms with van der Waals surface area (Å²) in [6, 6.07) is 1.99. The Labute approximate surface area is 124 Å². The molecule has 1 saturated heterocycles. The average molecular weight is 287 g/mol. The molecule has 3 heterocycles. The minimum atomic E-state index is 0.455. The van der Waals surface area contributed by atoms with E-state index in [9.17, 15) is 0 Å². The van der Waals surface area contributed by atoms with Crippen LogP contribution in [0.15, 0.2) is 24.7 Å². The lowest BCUT2D eigenvalue weighted by Crippen LogP contribution is -2.31. The molecule has 0 amide bonds. The lowest BCUT2D eigenvalue weighted by molar-refractivity contribution is 0.121. The predicted octanol–water partition coefficient (Wildman–Crippen LogP) is 1.20. The first-order chi connectivity index (χ1) is 10.3. The molecule has 2 aromatic rings. The third-order valence-corrected chi connectivity index (χ3v) is 3.68. The van der Waals surface area contributed by atoms with Crippen molar-refractivity contribution < 1.29 is 4.74 Å². The Balaban J connectivity index is 1.62. The molecule has 0 saturated carbocycles. The first-order valence-corrected chi connectivity index (χ1v) is 7.36. The van der Waals surface area contributed by atoms with Gasteiger partial charge in [-0.3, -0.25) is 4.90 Å². The fraction of sp³-hybridized carbons (Fsp3) is 0.533. The largest absolute Gasteiger partial charge is 0.380 e. The zero-order valence-corrected chi connectivity index (χ0v) is 12.3. The molecule has 6 heteroatoms. The van der Waals surface area contributed by atoms with Crippen LogP contribution >= 0.6 is 0 Å². The fourth-order valence-corrected chi connectivity index (χ4v) is 2.73. The molecule has 3 rings (SSSR count). The average Bonchev–Trinajstić information content (AvgIpc) is 2.86. The van der Waals surface area contributed by atoms with E-state index in [1.807, 2.05) is 25.4 Å². The zero-order chi connectivity index (χ0) is 14.5. The van der Waals surface area contributed by atoms with E-state index in [-0.39, 0.29) is 0 Å². The highest BCUT2D eigenvalue weighted by atomic mass is 16.5.